The summed E-state index contributed by atoms with van der Waals surface area (Å²) in [6.45, 7) is 18.1. The van der Waals surface area contributed by atoms with Gasteiger partial charge in [0, 0.05) is 0 Å². The van der Waals surface area contributed by atoms with Crippen LogP contribution in [0.3, 0.4) is 0 Å². The zero-order valence-corrected chi connectivity index (χ0v) is 16.7. The molecule has 0 saturated heterocycles. The van der Waals surface area contributed by atoms with E-state index in [1.165, 1.54) is 0 Å². The number of hydrogen-bond acceptors (Lipinski definition) is 0. The maximum Gasteiger partial charge on any atom is 4.00 e. The van der Waals surface area contributed by atoms with E-state index in [0.29, 0.717) is 0 Å². The molecule has 17 heavy (non-hydrogen) atoms. The van der Waals surface area contributed by atoms with E-state index >= 15 is 0 Å². The Bertz CT molecular complexity index is 53.4. The molecule has 3 nitrogen and oxygen atoms in total. The van der Waals surface area contributed by atoms with Crippen LogP contribution in [-0.4, -0.2) is 39.3 Å². The summed E-state index contributed by atoms with van der Waals surface area (Å²) in [5.74, 6) is 0. The predicted octanol–water partition coefficient (Wildman–Crippen LogP) is 4.65. The quantitative estimate of drug-likeness (QED) is 0.453. The predicted molar refractivity (Wildman–Crippen MR) is 79.7 cm³/mol. The third kappa shape index (κ3) is 80.0. The maximum absolute atomic E-state index is 3.97. The molecule has 0 spiro atoms. The SMILES string of the molecule is CC[N-]CC.CC[N-]CC.CC[N-]CC.[CH3-].[Hf+4]. The van der Waals surface area contributed by atoms with Gasteiger partial charge in [0.2, 0.25) is 0 Å². The van der Waals surface area contributed by atoms with Crippen molar-refractivity contribution in [3.63, 3.8) is 0 Å². The standard InChI is InChI=1S/3C4H10N.CH3.Hf/c3*1-3-5-4-2;;/h3*3-4H2,1-2H3;1H3;/q4*-1;+4. The van der Waals surface area contributed by atoms with Crippen LogP contribution in [0.4, 0.5) is 0 Å². The van der Waals surface area contributed by atoms with E-state index in [1.807, 2.05) is 41.5 Å². The molecular formula is C13H33HfN3. The molecule has 0 unspecified atom stereocenters. The molecule has 4 heteroatoms. The topological polar surface area (TPSA) is 42.3 Å². The molecule has 0 fully saturated rings. The number of nitrogens with zero attached hydrogens (tertiary/aromatic N) is 3. The summed E-state index contributed by atoms with van der Waals surface area (Å²) in [4.78, 5) is 0. The second kappa shape index (κ2) is 43.7. The Morgan fingerprint density at radius 1 is 0.471 bits per heavy atom. The Morgan fingerprint density at radius 3 is 0.588 bits per heavy atom. The minimum absolute atomic E-state index is 0. The first-order chi connectivity index (χ1) is 7.24. The second-order valence-electron chi connectivity index (χ2n) is 2.57. The largest absolute Gasteiger partial charge is 4.00 e. The van der Waals surface area contributed by atoms with Gasteiger partial charge in [-0.25, -0.2) is 0 Å². The van der Waals surface area contributed by atoms with Crippen LogP contribution in [0.5, 0.6) is 0 Å². The van der Waals surface area contributed by atoms with Gasteiger partial charge in [-0.3, -0.25) is 0 Å². The molecule has 0 saturated carbocycles. The third-order valence-electron chi connectivity index (χ3n) is 1.34. The van der Waals surface area contributed by atoms with Crippen molar-refractivity contribution in [2.75, 3.05) is 39.3 Å². The minimum Gasteiger partial charge on any atom is -0.663 e. The average Bonchev–Trinajstić information content (AvgIpc) is 2.23. The minimum atomic E-state index is 0. The zero-order chi connectivity index (χ0) is 12.4. The fraction of sp³-hybridized carbons (Fsp3) is 0.923. The van der Waals surface area contributed by atoms with Gasteiger partial charge in [0.25, 0.3) is 0 Å². The van der Waals surface area contributed by atoms with Crippen molar-refractivity contribution in [1.82, 2.24) is 0 Å². The van der Waals surface area contributed by atoms with Gasteiger partial charge in [-0.2, -0.15) is 39.3 Å². The fourth-order valence-corrected chi connectivity index (χ4v) is 0.671. The molecule has 0 atom stereocenters. The van der Waals surface area contributed by atoms with E-state index in [9.17, 15) is 0 Å². The van der Waals surface area contributed by atoms with Gasteiger partial charge in [0.15, 0.2) is 0 Å². The Labute approximate surface area is 130 Å². The summed E-state index contributed by atoms with van der Waals surface area (Å²) in [5.41, 5.74) is 0. The summed E-state index contributed by atoms with van der Waals surface area (Å²) in [7, 11) is 0. The molecule has 0 radical (unpaired) electrons. The van der Waals surface area contributed by atoms with Crippen LogP contribution in [0.2, 0.25) is 0 Å². The van der Waals surface area contributed by atoms with E-state index in [4.69, 9.17) is 0 Å². The number of hydrogen-bond donors (Lipinski definition) is 0. The van der Waals surface area contributed by atoms with Crippen LogP contribution in [-0.2, 0) is 25.8 Å². The van der Waals surface area contributed by atoms with E-state index < -0.39 is 0 Å². The first-order valence-electron chi connectivity index (χ1n) is 6.14. The molecule has 0 aliphatic rings. The zero-order valence-electron chi connectivity index (χ0n) is 13.1. The third-order valence-corrected chi connectivity index (χ3v) is 1.34. The van der Waals surface area contributed by atoms with Crippen LogP contribution in [0.15, 0.2) is 0 Å². The smallest absolute Gasteiger partial charge is 0.663 e. The molecule has 0 aromatic rings. The van der Waals surface area contributed by atoms with Gasteiger partial charge in [-0.05, 0) is 0 Å². The summed E-state index contributed by atoms with van der Waals surface area (Å²) in [6.07, 6.45) is 0. The van der Waals surface area contributed by atoms with Gasteiger partial charge >= 0.3 is 25.8 Å². The van der Waals surface area contributed by atoms with Crippen molar-refractivity contribution in [1.29, 1.82) is 0 Å². The van der Waals surface area contributed by atoms with Crippen molar-refractivity contribution in [3.05, 3.63) is 23.4 Å². The summed E-state index contributed by atoms with van der Waals surface area (Å²) >= 11 is 0. The van der Waals surface area contributed by atoms with E-state index in [1.54, 1.807) is 0 Å². The van der Waals surface area contributed by atoms with Crippen LogP contribution in [0.25, 0.3) is 16.0 Å². The van der Waals surface area contributed by atoms with Crippen molar-refractivity contribution >= 4 is 0 Å². The Kier molecular flexibility index (Phi) is 78.8. The molecule has 0 aliphatic heterocycles. The fourth-order valence-electron chi connectivity index (χ4n) is 0.671. The van der Waals surface area contributed by atoms with Crippen LogP contribution in [0.1, 0.15) is 41.5 Å². The van der Waals surface area contributed by atoms with Crippen LogP contribution < -0.4 is 0 Å². The Morgan fingerprint density at radius 2 is 0.588 bits per heavy atom. The molecule has 0 aliphatic carbocycles. The van der Waals surface area contributed by atoms with Gasteiger partial charge in [-0.15, -0.1) is 0 Å². The molecule has 0 aromatic carbocycles. The Hall–Kier alpha value is 0.750. The van der Waals surface area contributed by atoms with Gasteiger partial charge in [0.05, 0.1) is 0 Å². The average molecular weight is 410 g/mol. The summed E-state index contributed by atoms with van der Waals surface area (Å²) in [5, 5.41) is 11.9. The molecule has 0 aromatic heterocycles. The first kappa shape index (κ1) is 30.6. The summed E-state index contributed by atoms with van der Waals surface area (Å²) in [6, 6.07) is 0. The van der Waals surface area contributed by atoms with Crippen LogP contribution >= 0.6 is 0 Å². The summed E-state index contributed by atoms with van der Waals surface area (Å²) < 4.78 is 0. The number of rotatable bonds is 6. The van der Waals surface area contributed by atoms with E-state index in [0.717, 1.165) is 39.3 Å². The monoisotopic (exact) mass is 411 g/mol. The second-order valence-corrected chi connectivity index (χ2v) is 2.57. The molecule has 0 bridgehead atoms. The molecule has 0 amide bonds. The van der Waals surface area contributed by atoms with E-state index in [-0.39, 0.29) is 33.3 Å². The van der Waals surface area contributed by atoms with Crippen LogP contribution in [0, 0.1) is 7.43 Å². The molecule has 0 N–H and O–H groups in total. The van der Waals surface area contributed by atoms with Crippen molar-refractivity contribution in [2.24, 2.45) is 0 Å². The molecule has 104 valence electrons. The van der Waals surface area contributed by atoms with Gasteiger partial charge in [-0.1, -0.05) is 41.5 Å². The first-order valence-corrected chi connectivity index (χ1v) is 6.14. The van der Waals surface area contributed by atoms with Crippen molar-refractivity contribution in [2.45, 2.75) is 41.5 Å². The van der Waals surface area contributed by atoms with Gasteiger partial charge in [0.1, 0.15) is 0 Å². The van der Waals surface area contributed by atoms with Crippen molar-refractivity contribution < 1.29 is 25.8 Å². The molecule has 0 heterocycles. The normalized spacial score (nSPS) is 7.41. The van der Waals surface area contributed by atoms with Gasteiger partial charge < -0.3 is 23.4 Å². The van der Waals surface area contributed by atoms with Crippen molar-refractivity contribution in [3.8, 4) is 0 Å². The van der Waals surface area contributed by atoms with E-state index in [2.05, 4.69) is 16.0 Å². The molecule has 0 rings (SSSR count). The Balaban J connectivity index is -0.0000000400. The molecular weight excluding hydrogens is 377 g/mol. The maximum atomic E-state index is 3.97.